The number of aromatic amines is 1. The number of aryl methyl sites for hydroxylation is 1. The Morgan fingerprint density at radius 1 is 1.24 bits per heavy atom. The predicted molar refractivity (Wildman–Crippen MR) is 132 cm³/mol. The molecule has 0 radical (unpaired) electrons. The van der Waals surface area contributed by atoms with Gasteiger partial charge in [0.15, 0.2) is 0 Å². The Balaban J connectivity index is 1.31. The van der Waals surface area contributed by atoms with Crippen LogP contribution in [-0.4, -0.2) is 46.2 Å². The lowest BCUT2D eigenvalue weighted by Gasteiger charge is -2.64. The van der Waals surface area contributed by atoms with Crippen molar-refractivity contribution < 1.29 is 14.6 Å². The van der Waals surface area contributed by atoms with E-state index >= 15 is 0 Å². The number of carboxylic acid groups (broad SMARTS) is 1. The van der Waals surface area contributed by atoms with Gasteiger partial charge in [-0.2, -0.15) is 0 Å². The maximum atomic E-state index is 11.4. The molecule has 6 nitrogen and oxygen atoms in total. The van der Waals surface area contributed by atoms with E-state index in [0.717, 1.165) is 37.6 Å². The monoisotopic (exact) mass is 459 g/mol. The summed E-state index contributed by atoms with van der Waals surface area (Å²) in [5.74, 6) is 1.01. The number of aromatic carboxylic acids is 1. The molecule has 2 atom stereocenters. The topological polar surface area (TPSA) is 77.6 Å². The van der Waals surface area contributed by atoms with Crippen molar-refractivity contribution in [1.82, 2.24) is 15.2 Å². The van der Waals surface area contributed by atoms with Crippen LogP contribution < -0.4 is 10.1 Å². The number of nitrogens with one attached hydrogen (secondary N) is 2. The second kappa shape index (κ2) is 8.14. The van der Waals surface area contributed by atoms with E-state index in [2.05, 4.69) is 34.3 Å². The third kappa shape index (κ3) is 3.60. The van der Waals surface area contributed by atoms with Gasteiger partial charge in [0, 0.05) is 53.4 Å². The van der Waals surface area contributed by atoms with Gasteiger partial charge in [-0.05, 0) is 80.3 Å². The quantitative estimate of drug-likeness (QED) is 0.462. The summed E-state index contributed by atoms with van der Waals surface area (Å²) in [4.78, 5) is 17.3. The number of nitrogens with zero attached hydrogens (tertiary/aromatic N) is 1. The highest BCUT2D eigenvalue weighted by molar-refractivity contribution is 5.88. The van der Waals surface area contributed by atoms with Gasteiger partial charge in [0.25, 0.3) is 0 Å². The first-order valence-electron chi connectivity index (χ1n) is 12.4. The number of H-pyrrole nitrogens is 1. The van der Waals surface area contributed by atoms with E-state index in [0.29, 0.717) is 17.1 Å². The molecular formula is C28H33N3O3. The second-order valence-electron chi connectivity index (χ2n) is 10.7. The third-order valence-corrected chi connectivity index (χ3v) is 8.50. The minimum absolute atomic E-state index is 0.224. The van der Waals surface area contributed by atoms with E-state index in [1.165, 1.54) is 46.9 Å². The van der Waals surface area contributed by atoms with Crippen LogP contribution in [0.15, 0.2) is 42.6 Å². The number of likely N-dealkylation sites (tertiary alicyclic amines) is 1. The number of fused-ring (bicyclic) bond motifs is 1. The molecule has 1 saturated heterocycles. The summed E-state index contributed by atoms with van der Waals surface area (Å²) >= 11 is 0. The van der Waals surface area contributed by atoms with Crippen LogP contribution in [0, 0.1) is 12.8 Å². The number of hydrogen-bond donors (Lipinski definition) is 3. The summed E-state index contributed by atoms with van der Waals surface area (Å²) in [6, 6.07) is 12.5. The first kappa shape index (κ1) is 21.7. The number of carboxylic acids is 1. The minimum Gasteiger partial charge on any atom is -0.496 e. The number of aromatic nitrogens is 1. The van der Waals surface area contributed by atoms with Gasteiger partial charge in [-0.1, -0.05) is 12.1 Å². The molecular weight excluding hydrogens is 426 g/mol. The molecule has 3 N–H and O–H groups in total. The molecule has 178 valence electrons. The van der Waals surface area contributed by atoms with Gasteiger partial charge in [0.05, 0.1) is 12.7 Å². The molecule has 7 rings (SSSR count). The summed E-state index contributed by atoms with van der Waals surface area (Å²) in [6.07, 6.45) is 8.19. The van der Waals surface area contributed by atoms with Gasteiger partial charge in [-0.15, -0.1) is 0 Å². The van der Waals surface area contributed by atoms with Crippen molar-refractivity contribution in [2.75, 3.05) is 13.7 Å². The Hall–Kier alpha value is -2.83. The van der Waals surface area contributed by atoms with Crippen molar-refractivity contribution in [3.63, 3.8) is 0 Å². The Morgan fingerprint density at radius 3 is 2.65 bits per heavy atom. The van der Waals surface area contributed by atoms with Gasteiger partial charge in [0.2, 0.25) is 0 Å². The van der Waals surface area contributed by atoms with Crippen molar-refractivity contribution in [3.8, 4) is 5.75 Å². The summed E-state index contributed by atoms with van der Waals surface area (Å²) in [7, 11) is 1.75. The fourth-order valence-electron chi connectivity index (χ4n) is 6.60. The number of benzene rings is 2. The van der Waals surface area contributed by atoms with Crippen LogP contribution in [-0.2, 0) is 6.54 Å². The summed E-state index contributed by atoms with van der Waals surface area (Å²) in [6.45, 7) is 3.90. The molecule has 34 heavy (non-hydrogen) atoms. The van der Waals surface area contributed by atoms with E-state index in [1.807, 2.05) is 18.3 Å². The normalized spacial score (nSPS) is 28.4. The molecule has 3 saturated carbocycles. The van der Waals surface area contributed by atoms with Crippen molar-refractivity contribution in [2.45, 2.75) is 63.2 Å². The standard InChI is InChI=1S/C28H33N3O3/c1-17-11-25(34-2)23(22-7-9-29-26(17)22)16-31-10-8-21(30-28-13-18(14-28)15-28)12-24(31)19-3-5-20(6-4-19)27(32)33/h3-7,9,11,18,21,24,29-30H,8,10,12-16H2,1-2H3,(H,32,33)/t18?,21-,24+,28?/m0/s1. The Kier molecular flexibility index (Phi) is 5.19. The smallest absolute Gasteiger partial charge is 0.335 e. The number of methoxy groups -OCH3 is 1. The van der Waals surface area contributed by atoms with Crippen LogP contribution in [0.25, 0.3) is 10.9 Å². The molecule has 4 fully saturated rings. The lowest BCUT2D eigenvalue weighted by molar-refractivity contribution is -0.0666. The Bertz CT molecular complexity index is 1210. The van der Waals surface area contributed by atoms with E-state index in [4.69, 9.17) is 4.74 Å². The molecule has 2 bridgehead atoms. The van der Waals surface area contributed by atoms with Gasteiger partial charge in [0.1, 0.15) is 5.75 Å². The van der Waals surface area contributed by atoms with Gasteiger partial charge in [-0.3, -0.25) is 4.90 Å². The fourth-order valence-corrected chi connectivity index (χ4v) is 6.60. The number of piperidine rings is 1. The summed E-state index contributed by atoms with van der Waals surface area (Å²) in [5, 5.41) is 14.6. The van der Waals surface area contributed by atoms with Crippen molar-refractivity contribution in [3.05, 3.63) is 64.8 Å². The molecule has 0 amide bonds. The van der Waals surface area contributed by atoms with Crippen molar-refractivity contribution in [2.24, 2.45) is 5.92 Å². The zero-order valence-electron chi connectivity index (χ0n) is 19.9. The van der Waals surface area contributed by atoms with Crippen LogP contribution in [0.3, 0.4) is 0 Å². The lowest BCUT2D eigenvalue weighted by Crippen LogP contribution is -2.69. The fraction of sp³-hybridized carbons (Fsp3) is 0.464. The second-order valence-corrected chi connectivity index (χ2v) is 10.7. The van der Waals surface area contributed by atoms with Crippen molar-refractivity contribution in [1.29, 1.82) is 0 Å². The van der Waals surface area contributed by atoms with Crippen LogP contribution in [0.5, 0.6) is 5.75 Å². The predicted octanol–water partition coefficient (Wildman–Crippen LogP) is 5.03. The number of ether oxygens (including phenoxy) is 1. The lowest BCUT2D eigenvalue weighted by atomic mass is 9.49. The molecule has 2 heterocycles. The number of hydrogen-bond acceptors (Lipinski definition) is 4. The number of rotatable bonds is 7. The van der Waals surface area contributed by atoms with Crippen LogP contribution in [0.2, 0.25) is 0 Å². The van der Waals surface area contributed by atoms with Gasteiger partial charge >= 0.3 is 5.97 Å². The van der Waals surface area contributed by atoms with Gasteiger partial charge in [-0.25, -0.2) is 4.79 Å². The highest BCUT2D eigenvalue weighted by atomic mass is 16.5. The van der Waals surface area contributed by atoms with E-state index in [1.54, 1.807) is 19.2 Å². The SMILES string of the molecule is COc1cc(C)c2[nH]ccc2c1CN1CC[C@H](NC23CC(C2)C3)C[C@@H]1c1ccc(C(=O)O)cc1. The molecule has 1 aliphatic heterocycles. The molecule has 0 spiro atoms. The number of carbonyl (C=O) groups is 1. The highest BCUT2D eigenvalue weighted by Crippen LogP contribution is 2.57. The Morgan fingerprint density at radius 2 is 2.00 bits per heavy atom. The van der Waals surface area contributed by atoms with Crippen molar-refractivity contribution >= 4 is 16.9 Å². The largest absolute Gasteiger partial charge is 0.496 e. The average molecular weight is 460 g/mol. The van der Waals surface area contributed by atoms with E-state index < -0.39 is 5.97 Å². The van der Waals surface area contributed by atoms with E-state index in [9.17, 15) is 9.90 Å². The van der Waals surface area contributed by atoms with Gasteiger partial charge < -0.3 is 20.1 Å². The molecule has 3 aliphatic carbocycles. The maximum absolute atomic E-state index is 11.4. The summed E-state index contributed by atoms with van der Waals surface area (Å²) < 4.78 is 5.82. The molecule has 4 aliphatic rings. The summed E-state index contributed by atoms with van der Waals surface area (Å²) in [5.41, 5.74) is 5.49. The van der Waals surface area contributed by atoms with Crippen LogP contribution in [0.4, 0.5) is 0 Å². The molecule has 1 aromatic heterocycles. The van der Waals surface area contributed by atoms with E-state index in [-0.39, 0.29) is 6.04 Å². The third-order valence-electron chi connectivity index (χ3n) is 8.50. The average Bonchev–Trinajstić information content (AvgIpc) is 3.28. The zero-order chi connectivity index (χ0) is 23.4. The molecule has 3 aromatic rings. The highest BCUT2D eigenvalue weighted by Gasteiger charge is 2.57. The molecule has 2 aromatic carbocycles. The molecule has 6 heteroatoms. The Labute approximate surface area is 200 Å². The minimum atomic E-state index is -0.880. The zero-order valence-corrected chi connectivity index (χ0v) is 19.9. The van der Waals surface area contributed by atoms with Crippen LogP contribution in [0.1, 0.15) is 65.2 Å². The molecule has 0 unspecified atom stereocenters. The maximum Gasteiger partial charge on any atom is 0.335 e. The first-order chi connectivity index (χ1) is 16.4. The van der Waals surface area contributed by atoms with Crippen LogP contribution >= 0.6 is 0 Å². The first-order valence-corrected chi connectivity index (χ1v) is 12.4.